The molecular weight excluding hydrogens is 242 g/mol. The van der Waals surface area contributed by atoms with Crippen molar-refractivity contribution in [2.45, 2.75) is 6.92 Å². The topological polar surface area (TPSA) is 37.3 Å². The van der Waals surface area contributed by atoms with E-state index in [9.17, 15) is 0 Å². The molecule has 5 nitrogen and oxygen atoms in total. The number of nitrogens with zero attached hydrogens (tertiary/aromatic N) is 3. The highest BCUT2D eigenvalue weighted by molar-refractivity contribution is 5.99. The van der Waals surface area contributed by atoms with Gasteiger partial charge in [0.05, 0.1) is 5.71 Å². The van der Waals surface area contributed by atoms with Crippen LogP contribution in [-0.2, 0) is 0 Å². The normalized spacial score (nSPS) is 19.9. The molecule has 3 rings (SSSR count). The molecule has 1 aromatic rings. The molecule has 19 heavy (non-hydrogen) atoms. The van der Waals surface area contributed by atoms with Gasteiger partial charge in [-0.05, 0) is 32.2 Å². The lowest BCUT2D eigenvalue weighted by atomic mass is 10.1. The maximum atomic E-state index is 5.40. The van der Waals surface area contributed by atoms with Gasteiger partial charge in [-0.3, -0.25) is 5.01 Å². The zero-order valence-electron chi connectivity index (χ0n) is 11.4. The molecule has 2 aliphatic heterocycles. The van der Waals surface area contributed by atoms with Gasteiger partial charge in [-0.1, -0.05) is 0 Å². The molecule has 2 aliphatic rings. The van der Waals surface area contributed by atoms with Crippen molar-refractivity contribution < 1.29 is 9.47 Å². The summed E-state index contributed by atoms with van der Waals surface area (Å²) in [6.07, 6.45) is 0. The first-order valence-corrected chi connectivity index (χ1v) is 6.61. The maximum Gasteiger partial charge on any atom is 0.231 e. The summed E-state index contributed by atoms with van der Waals surface area (Å²) >= 11 is 0. The minimum absolute atomic E-state index is 0.313. The highest BCUT2D eigenvalue weighted by Crippen LogP contribution is 2.32. The number of hydrogen-bond acceptors (Lipinski definition) is 5. The van der Waals surface area contributed by atoms with E-state index in [-0.39, 0.29) is 0 Å². The zero-order valence-corrected chi connectivity index (χ0v) is 11.4. The van der Waals surface area contributed by atoms with E-state index in [1.807, 2.05) is 25.1 Å². The molecule has 0 unspecified atom stereocenters. The number of hydrogen-bond donors (Lipinski definition) is 0. The van der Waals surface area contributed by atoms with Gasteiger partial charge < -0.3 is 14.4 Å². The highest BCUT2D eigenvalue weighted by Gasteiger charge is 2.15. The van der Waals surface area contributed by atoms with E-state index in [2.05, 4.69) is 17.0 Å². The quantitative estimate of drug-likeness (QED) is 0.754. The van der Waals surface area contributed by atoms with Gasteiger partial charge in [-0.2, -0.15) is 5.10 Å². The van der Waals surface area contributed by atoms with E-state index in [0.717, 1.165) is 49.0 Å². The SMILES string of the molecule is C/C(=N\N1CCN(C)CC1)c1ccc2c(c1)OCO2. The first kappa shape index (κ1) is 12.3. The lowest BCUT2D eigenvalue weighted by Crippen LogP contribution is -2.42. The van der Waals surface area contributed by atoms with Crippen LogP contribution < -0.4 is 9.47 Å². The van der Waals surface area contributed by atoms with Crippen molar-refractivity contribution in [2.24, 2.45) is 5.10 Å². The molecule has 0 saturated carbocycles. The van der Waals surface area contributed by atoms with Crippen LogP contribution in [0.2, 0.25) is 0 Å². The second kappa shape index (κ2) is 5.09. The molecule has 0 bridgehead atoms. The molecule has 0 aliphatic carbocycles. The molecule has 102 valence electrons. The summed E-state index contributed by atoms with van der Waals surface area (Å²) < 4.78 is 10.7. The lowest BCUT2D eigenvalue weighted by Gasteiger charge is -2.30. The Labute approximate surface area is 113 Å². The van der Waals surface area contributed by atoms with E-state index in [1.165, 1.54) is 0 Å². The van der Waals surface area contributed by atoms with Crippen molar-refractivity contribution in [3.05, 3.63) is 23.8 Å². The van der Waals surface area contributed by atoms with Gasteiger partial charge >= 0.3 is 0 Å². The summed E-state index contributed by atoms with van der Waals surface area (Å²) in [4.78, 5) is 2.32. The Morgan fingerprint density at radius 1 is 1.11 bits per heavy atom. The van der Waals surface area contributed by atoms with Crippen molar-refractivity contribution in [3.63, 3.8) is 0 Å². The molecule has 0 amide bonds. The summed E-state index contributed by atoms with van der Waals surface area (Å²) in [6.45, 7) is 6.45. The Kier molecular flexibility index (Phi) is 3.29. The average Bonchev–Trinajstić information content (AvgIpc) is 2.88. The first-order chi connectivity index (χ1) is 9.22. The van der Waals surface area contributed by atoms with Crippen molar-refractivity contribution >= 4 is 5.71 Å². The molecule has 2 heterocycles. The fraction of sp³-hybridized carbons (Fsp3) is 0.500. The summed E-state index contributed by atoms with van der Waals surface area (Å²) in [5, 5.41) is 6.83. The summed E-state index contributed by atoms with van der Waals surface area (Å²) in [5.41, 5.74) is 2.10. The Hall–Kier alpha value is -1.75. The monoisotopic (exact) mass is 261 g/mol. The molecule has 0 atom stereocenters. The van der Waals surface area contributed by atoms with Crippen LogP contribution in [-0.4, -0.2) is 55.6 Å². The standard InChI is InChI=1S/C14H19N3O2/c1-11(15-17-7-5-16(2)6-8-17)12-3-4-13-14(9-12)19-10-18-13/h3-4,9H,5-8,10H2,1-2H3/b15-11+. The molecule has 0 aromatic heterocycles. The molecule has 1 fully saturated rings. The number of benzene rings is 1. The van der Waals surface area contributed by atoms with Crippen LogP contribution in [0.1, 0.15) is 12.5 Å². The number of hydrazone groups is 1. The van der Waals surface area contributed by atoms with E-state index in [0.29, 0.717) is 6.79 Å². The third-order valence-electron chi connectivity index (χ3n) is 3.56. The second-order valence-electron chi connectivity index (χ2n) is 5.01. The first-order valence-electron chi connectivity index (χ1n) is 6.61. The van der Waals surface area contributed by atoms with Gasteiger partial charge in [0, 0.05) is 31.7 Å². The summed E-state index contributed by atoms with van der Waals surface area (Å²) in [5.74, 6) is 1.63. The third kappa shape index (κ3) is 2.66. The van der Waals surface area contributed by atoms with Crippen molar-refractivity contribution in [2.75, 3.05) is 40.0 Å². The van der Waals surface area contributed by atoms with E-state index in [4.69, 9.17) is 14.6 Å². The van der Waals surface area contributed by atoms with Gasteiger partial charge in [-0.15, -0.1) is 0 Å². The number of ether oxygens (including phenoxy) is 2. The largest absolute Gasteiger partial charge is 0.454 e. The molecule has 0 N–H and O–H groups in total. The Bertz CT molecular complexity index is 493. The molecule has 1 saturated heterocycles. The fourth-order valence-corrected chi connectivity index (χ4v) is 2.29. The summed E-state index contributed by atoms with van der Waals surface area (Å²) in [6, 6.07) is 5.97. The van der Waals surface area contributed by atoms with E-state index < -0.39 is 0 Å². The summed E-state index contributed by atoms with van der Waals surface area (Å²) in [7, 11) is 2.14. The Morgan fingerprint density at radius 2 is 1.84 bits per heavy atom. The third-order valence-corrected chi connectivity index (χ3v) is 3.56. The number of likely N-dealkylation sites (N-methyl/N-ethyl adjacent to an activating group) is 1. The minimum atomic E-state index is 0.313. The fourth-order valence-electron chi connectivity index (χ4n) is 2.29. The van der Waals surface area contributed by atoms with Crippen molar-refractivity contribution in [1.29, 1.82) is 0 Å². The number of fused-ring (bicyclic) bond motifs is 1. The van der Waals surface area contributed by atoms with Gasteiger partial charge in [-0.25, -0.2) is 0 Å². The van der Waals surface area contributed by atoms with Gasteiger partial charge in [0.1, 0.15) is 0 Å². The highest BCUT2D eigenvalue weighted by atomic mass is 16.7. The van der Waals surface area contributed by atoms with Gasteiger partial charge in [0.2, 0.25) is 6.79 Å². The predicted octanol–water partition coefficient (Wildman–Crippen LogP) is 1.39. The van der Waals surface area contributed by atoms with Gasteiger partial charge in [0.15, 0.2) is 11.5 Å². The van der Waals surface area contributed by atoms with Gasteiger partial charge in [0.25, 0.3) is 0 Å². The molecular formula is C14H19N3O2. The van der Waals surface area contributed by atoms with Crippen LogP contribution >= 0.6 is 0 Å². The van der Waals surface area contributed by atoms with Crippen LogP contribution in [0.4, 0.5) is 0 Å². The minimum Gasteiger partial charge on any atom is -0.454 e. The average molecular weight is 261 g/mol. The molecule has 0 radical (unpaired) electrons. The van der Waals surface area contributed by atoms with Crippen molar-refractivity contribution in [3.8, 4) is 11.5 Å². The molecule has 0 spiro atoms. The van der Waals surface area contributed by atoms with E-state index in [1.54, 1.807) is 0 Å². The number of rotatable bonds is 2. The van der Waals surface area contributed by atoms with Crippen molar-refractivity contribution in [1.82, 2.24) is 9.91 Å². The maximum absolute atomic E-state index is 5.40. The second-order valence-corrected chi connectivity index (χ2v) is 5.01. The van der Waals surface area contributed by atoms with Crippen LogP contribution in [0.5, 0.6) is 11.5 Å². The molecule has 5 heteroatoms. The Balaban J connectivity index is 1.74. The number of piperazine rings is 1. The predicted molar refractivity (Wildman–Crippen MR) is 73.8 cm³/mol. The Morgan fingerprint density at radius 3 is 2.63 bits per heavy atom. The van der Waals surface area contributed by atoms with Crippen LogP contribution in [0.3, 0.4) is 0 Å². The van der Waals surface area contributed by atoms with E-state index >= 15 is 0 Å². The smallest absolute Gasteiger partial charge is 0.231 e. The van der Waals surface area contributed by atoms with Crippen LogP contribution in [0.25, 0.3) is 0 Å². The van der Waals surface area contributed by atoms with Crippen LogP contribution in [0.15, 0.2) is 23.3 Å². The lowest BCUT2D eigenvalue weighted by molar-refractivity contribution is 0.159. The van der Waals surface area contributed by atoms with Crippen LogP contribution in [0, 0.1) is 0 Å². The molecule has 1 aromatic carbocycles. The zero-order chi connectivity index (χ0) is 13.2.